The van der Waals surface area contributed by atoms with E-state index in [1.165, 1.54) is 5.56 Å². The van der Waals surface area contributed by atoms with E-state index in [1.54, 1.807) is 7.11 Å². The van der Waals surface area contributed by atoms with Crippen LogP contribution >= 0.6 is 15.9 Å². The predicted octanol–water partition coefficient (Wildman–Crippen LogP) is 2.15. The minimum Gasteiger partial charge on any atom is -0.488 e. The molecule has 20 heavy (non-hydrogen) atoms. The molecule has 3 rings (SSSR count). The van der Waals surface area contributed by atoms with Gasteiger partial charge >= 0.3 is 0 Å². The summed E-state index contributed by atoms with van der Waals surface area (Å²) >= 11 is 3.50. The van der Waals surface area contributed by atoms with E-state index in [2.05, 4.69) is 27.3 Å². The molecule has 2 unspecified atom stereocenters. The van der Waals surface area contributed by atoms with Gasteiger partial charge in [0.05, 0.1) is 6.61 Å². The van der Waals surface area contributed by atoms with Crippen molar-refractivity contribution < 1.29 is 14.2 Å². The van der Waals surface area contributed by atoms with E-state index in [0.717, 1.165) is 42.8 Å². The number of ether oxygens (including phenoxy) is 3. The Morgan fingerprint density at radius 1 is 1.50 bits per heavy atom. The highest BCUT2D eigenvalue weighted by molar-refractivity contribution is 9.10. The molecule has 1 N–H and O–H groups in total. The normalized spacial score (nSPS) is 28.4. The van der Waals surface area contributed by atoms with Gasteiger partial charge in [0.15, 0.2) is 0 Å². The number of hydrogen-bond donors (Lipinski definition) is 1. The van der Waals surface area contributed by atoms with Crippen LogP contribution in [0.1, 0.15) is 12.0 Å². The number of halogens is 1. The Balaban J connectivity index is 1.49. The predicted molar refractivity (Wildman–Crippen MR) is 80.3 cm³/mol. The zero-order chi connectivity index (χ0) is 14.0. The summed E-state index contributed by atoms with van der Waals surface area (Å²) in [6, 6.07) is 6.18. The van der Waals surface area contributed by atoms with Crippen molar-refractivity contribution in [2.75, 3.05) is 33.4 Å². The van der Waals surface area contributed by atoms with Gasteiger partial charge in [-0.3, -0.25) is 0 Å². The fourth-order valence-electron chi connectivity index (χ4n) is 2.82. The minimum atomic E-state index is -0.158. The first kappa shape index (κ1) is 14.3. The van der Waals surface area contributed by atoms with E-state index in [0.29, 0.717) is 6.61 Å². The summed E-state index contributed by atoms with van der Waals surface area (Å²) in [5.41, 5.74) is 1.12. The Bertz CT molecular complexity index is 474. The molecule has 2 atom stereocenters. The van der Waals surface area contributed by atoms with Gasteiger partial charge < -0.3 is 19.5 Å². The van der Waals surface area contributed by atoms with E-state index < -0.39 is 0 Å². The number of rotatable bonds is 5. The highest BCUT2D eigenvalue weighted by atomic mass is 79.9. The molecule has 4 nitrogen and oxygen atoms in total. The number of hydrogen-bond acceptors (Lipinski definition) is 4. The maximum atomic E-state index is 5.94. The van der Waals surface area contributed by atoms with E-state index in [-0.39, 0.29) is 11.7 Å². The van der Waals surface area contributed by atoms with Gasteiger partial charge in [0.1, 0.15) is 17.5 Å². The van der Waals surface area contributed by atoms with Crippen molar-refractivity contribution in [1.82, 2.24) is 5.32 Å². The summed E-state index contributed by atoms with van der Waals surface area (Å²) in [5.74, 6) is 1.01. The second-order valence-corrected chi connectivity index (χ2v) is 6.43. The van der Waals surface area contributed by atoms with Gasteiger partial charge in [-0.1, -0.05) is 15.9 Å². The molecular formula is C15H20BrNO3. The smallest absolute Gasteiger partial charge is 0.123 e. The summed E-state index contributed by atoms with van der Waals surface area (Å²) in [4.78, 5) is 0. The molecule has 1 aromatic carbocycles. The third-order valence-corrected chi connectivity index (χ3v) is 4.58. The third-order valence-electron chi connectivity index (χ3n) is 4.08. The zero-order valence-corrected chi connectivity index (χ0v) is 13.2. The number of methoxy groups -OCH3 is 1. The van der Waals surface area contributed by atoms with Gasteiger partial charge in [-0.25, -0.2) is 0 Å². The molecule has 0 bridgehead atoms. The van der Waals surface area contributed by atoms with Crippen LogP contribution in [-0.4, -0.2) is 45.1 Å². The molecule has 2 aliphatic heterocycles. The fraction of sp³-hybridized carbons (Fsp3) is 0.600. The Morgan fingerprint density at radius 2 is 2.40 bits per heavy atom. The van der Waals surface area contributed by atoms with Crippen LogP contribution in [0.15, 0.2) is 22.7 Å². The van der Waals surface area contributed by atoms with Crippen molar-refractivity contribution >= 4 is 15.9 Å². The van der Waals surface area contributed by atoms with Gasteiger partial charge in [0, 0.05) is 44.1 Å². The number of benzene rings is 1. The first-order valence-electron chi connectivity index (χ1n) is 6.99. The summed E-state index contributed by atoms with van der Waals surface area (Å²) < 4.78 is 18.1. The van der Waals surface area contributed by atoms with Gasteiger partial charge in [-0.05, 0) is 23.8 Å². The van der Waals surface area contributed by atoms with Crippen molar-refractivity contribution in [2.24, 2.45) is 0 Å². The molecular weight excluding hydrogens is 322 g/mol. The maximum Gasteiger partial charge on any atom is 0.123 e. The molecule has 0 aliphatic carbocycles. The van der Waals surface area contributed by atoms with Gasteiger partial charge in [0.2, 0.25) is 0 Å². The Labute approximate surface area is 127 Å². The average molecular weight is 342 g/mol. The standard InChI is InChI=1S/C15H20BrNO3/c1-18-15(4-5-19-10-15)9-17-8-13-7-11-6-12(16)2-3-14(11)20-13/h2-3,6,13,17H,4-5,7-10H2,1H3. The SMILES string of the molecule is COC1(CNCC2Cc3cc(Br)ccc3O2)CCOC1. The topological polar surface area (TPSA) is 39.7 Å². The summed E-state index contributed by atoms with van der Waals surface area (Å²) in [6.45, 7) is 3.10. The summed E-state index contributed by atoms with van der Waals surface area (Å²) in [6.07, 6.45) is 2.11. The monoisotopic (exact) mass is 341 g/mol. The lowest BCUT2D eigenvalue weighted by Crippen LogP contribution is -2.45. The molecule has 1 saturated heterocycles. The lowest BCUT2D eigenvalue weighted by atomic mass is 10.0. The van der Waals surface area contributed by atoms with E-state index in [4.69, 9.17) is 14.2 Å². The molecule has 110 valence electrons. The average Bonchev–Trinajstić information content (AvgIpc) is 3.05. The van der Waals surface area contributed by atoms with Crippen LogP contribution in [0.4, 0.5) is 0 Å². The highest BCUT2D eigenvalue weighted by Gasteiger charge is 2.35. The highest BCUT2D eigenvalue weighted by Crippen LogP contribution is 2.31. The van der Waals surface area contributed by atoms with Crippen LogP contribution in [0.5, 0.6) is 5.75 Å². The van der Waals surface area contributed by atoms with Crippen LogP contribution in [0.2, 0.25) is 0 Å². The molecule has 2 aliphatic rings. The number of nitrogens with one attached hydrogen (secondary N) is 1. The second-order valence-electron chi connectivity index (χ2n) is 5.52. The quantitative estimate of drug-likeness (QED) is 0.890. The summed E-state index contributed by atoms with van der Waals surface area (Å²) in [7, 11) is 1.76. The zero-order valence-electron chi connectivity index (χ0n) is 11.7. The largest absolute Gasteiger partial charge is 0.488 e. The van der Waals surface area contributed by atoms with E-state index >= 15 is 0 Å². The maximum absolute atomic E-state index is 5.94. The molecule has 0 aromatic heterocycles. The first-order valence-corrected chi connectivity index (χ1v) is 7.79. The van der Waals surface area contributed by atoms with Gasteiger partial charge in [-0.15, -0.1) is 0 Å². The van der Waals surface area contributed by atoms with Crippen molar-refractivity contribution in [1.29, 1.82) is 0 Å². The van der Waals surface area contributed by atoms with Crippen LogP contribution in [-0.2, 0) is 15.9 Å². The lowest BCUT2D eigenvalue weighted by Gasteiger charge is -2.26. The van der Waals surface area contributed by atoms with Crippen molar-refractivity contribution in [3.05, 3.63) is 28.2 Å². The third kappa shape index (κ3) is 3.01. The molecule has 5 heteroatoms. The lowest BCUT2D eigenvalue weighted by molar-refractivity contribution is -0.0167. The van der Waals surface area contributed by atoms with Crippen LogP contribution < -0.4 is 10.1 Å². The molecule has 1 fully saturated rings. The summed E-state index contributed by atoms with van der Waals surface area (Å²) in [5, 5.41) is 3.47. The Morgan fingerprint density at radius 3 is 3.15 bits per heavy atom. The molecule has 0 amide bonds. The van der Waals surface area contributed by atoms with E-state index in [1.807, 2.05) is 12.1 Å². The van der Waals surface area contributed by atoms with Crippen molar-refractivity contribution in [3.63, 3.8) is 0 Å². The van der Waals surface area contributed by atoms with Gasteiger partial charge in [0.25, 0.3) is 0 Å². The Kier molecular flexibility index (Phi) is 4.31. The molecule has 2 heterocycles. The Hall–Kier alpha value is -0.620. The van der Waals surface area contributed by atoms with Crippen LogP contribution in [0.3, 0.4) is 0 Å². The second kappa shape index (κ2) is 6.02. The molecule has 0 radical (unpaired) electrons. The van der Waals surface area contributed by atoms with Crippen LogP contribution in [0.25, 0.3) is 0 Å². The first-order chi connectivity index (χ1) is 9.71. The number of fused-ring (bicyclic) bond motifs is 1. The molecule has 0 saturated carbocycles. The van der Waals surface area contributed by atoms with Gasteiger partial charge in [-0.2, -0.15) is 0 Å². The van der Waals surface area contributed by atoms with E-state index in [9.17, 15) is 0 Å². The van der Waals surface area contributed by atoms with Crippen LogP contribution in [0, 0.1) is 0 Å². The molecule has 0 spiro atoms. The molecule has 1 aromatic rings. The van der Waals surface area contributed by atoms with Crippen molar-refractivity contribution in [3.8, 4) is 5.75 Å². The minimum absolute atomic E-state index is 0.158. The van der Waals surface area contributed by atoms with Crippen molar-refractivity contribution in [2.45, 2.75) is 24.5 Å². The fourth-order valence-corrected chi connectivity index (χ4v) is 3.23.